The summed E-state index contributed by atoms with van der Waals surface area (Å²) in [6, 6.07) is 0.386. The Morgan fingerprint density at radius 3 is 2.77 bits per heavy atom. The minimum atomic E-state index is 0.386. The maximum Gasteiger partial charge on any atom is 0.0638 e. The van der Waals surface area contributed by atoms with E-state index in [1.54, 1.807) is 0 Å². The monoisotopic (exact) mass is 180 g/mol. The molecule has 1 fully saturated rings. The first-order valence-corrected chi connectivity index (χ1v) is 4.62. The summed E-state index contributed by atoms with van der Waals surface area (Å²) < 4.78 is 1.87. The second-order valence-corrected chi connectivity index (χ2v) is 3.87. The quantitative estimate of drug-likeness (QED) is 0.689. The van der Waals surface area contributed by atoms with Gasteiger partial charge in [-0.25, -0.2) is 0 Å². The Morgan fingerprint density at radius 2 is 2.31 bits per heavy atom. The zero-order valence-electron chi connectivity index (χ0n) is 8.20. The summed E-state index contributed by atoms with van der Waals surface area (Å²) in [5, 5.41) is 4.30. The van der Waals surface area contributed by atoms with Crippen molar-refractivity contribution >= 4 is 0 Å². The summed E-state index contributed by atoms with van der Waals surface area (Å²) in [4.78, 5) is 2.34. The van der Waals surface area contributed by atoms with Gasteiger partial charge in [0.05, 0.1) is 5.69 Å². The van der Waals surface area contributed by atoms with E-state index in [9.17, 15) is 0 Å². The lowest BCUT2D eigenvalue weighted by Crippen LogP contribution is -2.54. The van der Waals surface area contributed by atoms with Crippen molar-refractivity contribution in [2.24, 2.45) is 12.8 Å². The van der Waals surface area contributed by atoms with E-state index in [1.165, 1.54) is 5.56 Å². The molecule has 2 heterocycles. The summed E-state index contributed by atoms with van der Waals surface area (Å²) in [5.41, 5.74) is 8.15. The summed E-state index contributed by atoms with van der Waals surface area (Å²) >= 11 is 0. The van der Waals surface area contributed by atoms with Crippen LogP contribution in [0.15, 0.2) is 6.20 Å². The summed E-state index contributed by atoms with van der Waals surface area (Å²) in [5.74, 6) is 0. The Labute approximate surface area is 78.3 Å². The fourth-order valence-electron chi connectivity index (χ4n) is 1.78. The first-order valence-electron chi connectivity index (χ1n) is 4.62. The lowest BCUT2D eigenvalue weighted by molar-refractivity contribution is 0.142. The van der Waals surface area contributed by atoms with Gasteiger partial charge in [0.15, 0.2) is 0 Å². The predicted octanol–water partition coefficient (Wildman–Crippen LogP) is -0.129. The molecule has 0 aromatic carbocycles. The molecule has 1 aromatic heterocycles. The second kappa shape index (κ2) is 3.12. The van der Waals surface area contributed by atoms with Crippen LogP contribution in [-0.4, -0.2) is 33.8 Å². The SMILES string of the molecule is Cc1nn(C)cc1CN1CC(N)C1. The Balaban J connectivity index is 1.98. The molecule has 4 heteroatoms. The van der Waals surface area contributed by atoms with Crippen molar-refractivity contribution in [3.63, 3.8) is 0 Å². The molecule has 0 radical (unpaired) electrons. The Kier molecular flexibility index (Phi) is 2.09. The van der Waals surface area contributed by atoms with E-state index < -0.39 is 0 Å². The summed E-state index contributed by atoms with van der Waals surface area (Å²) in [6.07, 6.45) is 2.08. The molecule has 72 valence electrons. The van der Waals surface area contributed by atoms with Crippen LogP contribution in [-0.2, 0) is 13.6 Å². The van der Waals surface area contributed by atoms with Crippen LogP contribution >= 0.6 is 0 Å². The maximum absolute atomic E-state index is 5.70. The van der Waals surface area contributed by atoms with Crippen molar-refractivity contribution in [3.05, 3.63) is 17.5 Å². The third-order valence-corrected chi connectivity index (χ3v) is 2.49. The molecular formula is C9H16N4. The van der Waals surface area contributed by atoms with E-state index in [0.717, 1.165) is 25.3 Å². The van der Waals surface area contributed by atoms with Crippen LogP contribution in [0.25, 0.3) is 0 Å². The average Bonchev–Trinajstić information content (AvgIpc) is 2.27. The van der Waals surface area contributed by atoms with E-state index in [4.69, 9.17) is 5.73 Å². The Bertz CT molecular complexity index is 299. The molecule has 0 spiro atoms. The fraction of sp³-hybridized carbons (Fsp3) is 0.667. The number of hydrogen-bond acceptors (Lipinski definition) is 3. The first-order chi connectivity index (χ1) is 6.15. The normalized spacial score (nSPS) is 19.0. The molecule has 0 atom stereocenters. The minimum Gasteiger partial charge on any atom is -0.325 e. The van der Waals surface area contributed by atoms with Crippen LogP contribution in [0.2, 0.25) is 0 Å². The zero-order chi connectivity index (χ0) is 9.42. The Morgan fingerprint density at radius 1 is 1.62 bits per heavy atom. The molecule has 0 saturated carbocycles. The highest BCUT2D eigenvalue weighted by molar-refractivity contribution is 5.15. The lowest BCUT2D eigenvalue weighted by atomic mass is 10.1. The van der Waals surface area contributed by atoms with Gasteiger partial charge in [-0.1, -0.05) is 0 Å². The van der Waals surface area contributed by atoms with Crippen LogP contribution in [0.5, 0.6) is 0 Å². The smallest absolute Gasteiger partial charge is 0.0638 e. The molecular weight excluding hydrogens is 164 g/mol. The molecule has 0 unspecified atom stereocenters. The maximum atomic E-state index is 5.70. The van der Waals surface area contributed by atoms with Crippen LogP contribution in [0.3, 0.4) is 0 Å². The third kappa shape index (κ3) is 1.73. The minimum absolute atomic E-state index is 0.386. The highest BCUT2D eigenvalue weighted by Crippen LogP contribution is 2.13. The lowest BCUT2D eigenvalue weighted by Gasteiger charge is -2.36. The van der Waals surface area contributed by atoms with Gasteiger partial charge in [-0.05, 0) is 6.92 Å². The summed E-state index contributed by atoms with van der Waals surface area (Å²) in [7, 11) is 1.96. The molecule has 1 aromatic rings. The van der Waals surface area contributed by atoms with E-state index in [-0.39, 0.29) is 0 Å². The van der Waals surface area contributed by atoms with Gasteiger partial charge < -0.3 is 5.73 Å². The predicted molar refractivity (Wildman–Crippen MR) is 51.2 cm³/mol. The number of nitrogens with two attached hydrogens (primary N) is 1. The van der Waals surface area contributed by atoms with Crippen molar-refractivity contribution in [2.45, 2.75) is 19.5 Å². The molecule has 1 aliphatic rings. The zero-order valence-corrected chi connectivity index (χ0v) is 8.20. The second-order valence-electron chi connectivity index (χ2n) is 3.87. The van der Waals surface area contributed by atoms with E-state index >= 15 is 0 Å². The van der Waals surface area contributed by atoms with Gasteiger partial charge in [0.2, 0.25) is 0 Å². The number of aromatic nitrogens is 2. The van der Waals surface area contributed by atoms with Crippen molar-refractivity contribution in [3.8, 4) is 0 Å². The molecule has 0 amide bonds. The van der Waals surface area contributed by atoms with Gasteiger partial charge in [-0.15, -0.1) is 0 Å². The van der Waals surface area contributed by atoms with E-state index in [0.29, 0.717) is 6.04 Å². The third-order valence-electron chi connectivity index (χ3n) is 2.49. The van der Waals surface area contributed by atoms with Crippen molar-refractivity contribution in [2.75, 3.05) is 13.1 Å². The van der Waals surface area contributed by atoms with Crippen LogP contribution < -0.4 is 5.73 Å². The first kappa shape index (κ1) is 8.72. The van der Waals surface area contributed by atoms with Gasteiger partial charge in [0.25, 0.3) is 0 Å². The largest absolute Gasteiger partial charge is 0.325 e. The molecule has 1 aliphatic heterocycles. The standard InChI is InChI=1S/C9H16N4/c1-7-8(3-12(2)11-7)4-13-5-9(10)6-13/h3,9H,4-6,10H2,1-2H3. The van der Waals surface area contributed by atoms with Gasteiger partial charge in [0, 0.05) is 44.5 Å². The molecule has 13 heavy (non-hydrogen) atoms. The summed E-state index contributed by atoms with van der Waals surface area (Å²) in [6.45, 7) is 5.09. The average molecular weight is 180 g/mol. The van der Waals surface area contributed by atoms with Crippen LogP contribution in [0.1, 0.15) is 11.3 Å². The van der Waals surface area contributed by atoms with E-state index in [1.807, 2.05) is 11.7 Å². The molecule has 2 rings (SSSR count). The van der Waals surface area contributed by atoms with Gasteiger partial charge in [0.1, 0.15) is 0 Å². The van der Waals surface area contributed by atoms with Crippen LogP contribution in [0.4, 0.5) is 0 Å². The van der Waals surface area contributed by atoms with Gasteiger partial charge in [-0.2, -0.15) is 5.10 Å². The Hall–Kier alpha value is -0.870. The highest BCUT2D eigenvalue weighted by atomic mass is 15.3. The number of likely N-dealkylation sites (tertiary alicyclic amines) is 1. The van der Waals surface area contributed by atoms with Crippen molar-refractivity contribution in [1.29, 1.82) is 0 Å². The van der Waals surface area contributed by atoms with Gasteiger partial charge in [-0.3, -0.25) is 9.58 Å². The topological polar surface area (TPSA) is 47.1 Å². The van der Waals surface area contributed by atoms with Gasteiger partial charge >= 0.3 is 0 Å². The molecule has 0 bridgehead atoms. The molecule has 0 aliphatic carbocycles. The van der Waals surface area contributed by atoms with Crippen molar-refractivity contribution < 1.29 is 0 Å². The number of hydrogen-bond donors (Lipinski definition) is 1. The number of aryl methyl sites for hydroxylation is 2. The molecule has 1 saturated heterocycles. The highest BCUT2D eigenvalue weighted by Gasteiger charge is 2.23. The van der Waals surface area contributed by atoms with Crippen LogP contribution in [0, 0.1) is 6.92 Å². The van der Waals surface area contributed by atoms with Crippen molar-refractivity contribution in [1.82, 2.24) is 14.7 Å². The molecule has 2 N–H and O–H groups in total. The molecule has 4 nitrogen and oxygen atoms in total. The number of nitrogens with zero attached hydrogens (tertiary/aromatic N) is 3. The number of rotatable bonds is 2. The van der Waals surface area contributed by atoms with E-state index in [2.05, 4.69) is 23.1 Å². The fourth-order valence-corrected chi connectivity index (χ4v) is 1.78.